The number of hydrogen-bond donors (Lipinski definition) is 3. The van der Waals surface area contributed by atoms with Gasteiger partial charge in [0.05, 0.1) is 26.4 Å². The van der Waals surface area contributed by atoms with Gasteiger partial charge in [0, 0.05) is 12.8 Å². The Morgan fingerprint density at radius 3 is 1.06 bits per heavy atom. The normalized spacial score (nSPS) is 14.1. The zero-order valence-corrected chi connectivity index (χ0v) is 42.3. The molecule has 10 nitrogen and oxygen atoms in total. The monoisotopic (exact) mass is 937 g/mol. The third kappa shape index (κ3) is 48.0. The van der Waals surface area contributed by atoms with Crippen LogP contribution in [0, 0.1) is 0 Å². The molecule has 0 amide bonds. The number of rotatable bonds is 49. The van der Waals surface area contributed by atoms with Crippen LogP contribution in [0.2, 0.25) is 0 Å². The average Bonchev–Trinajstić information content (AvgIpc) is 3.30. The zero-order chi connectivity index (χ0) is 47.6. The van der Waals surface area contributed by atoms with Gasteiger partial charge in [0.1, 0.15) is 12.2 Å². The van der Waals surface area contributed by atoms with Gasteiger partial charge in [-0.1, -0.05) is 203 Å². The molecule has 378 valence electrons. The van der Waals surface area contributed by atoms with Gasteiger partial charge in [-0.05, 0) is 77.0 Å². The number of esters is 2. The van der Waals surface area contributed by atoms with Crippen molar-refractivity contribution in [3.05, 3.63) is 60.8 Å². The van der Waals surface area contributed by atoms with Crippen molar-refractivity contribution in [3.63, 3.8) is 0 Å². The summed E-state index contributed by atoms with van der Waals surface area (Å²) in [7, 11) is -4.65. The smallest absolute Gasteiger partial charge is 0.457 e. The number of aliphatic hydroxyl groups excluding tert-OH is 2. The van der Waals surface area contributed by atoms with E-state index in [2.05, 4.69) is 74.6 Å². The third-order valence-electron chi connectivity index (χ3n) is 11.2. The molecule has 3 N–H and O–H groups in total. The Bertz CT molecular complexity index is 1260. The van der Waals surface area contributed by atoms with Crippen LogP contribution in [0.5, 0.6) is 0 Å². The van der Waals surface area contributed by atoms with E-state index in [0.29, 0.717) is 12.8 Å². The summed E-state index contributed by atoms with van der Waals surface area (Å²) in [6, 6.07) is 0. The second-order valence-electron chi connectivity index (χ2n) is 17.5. The Balaban J connectivity index is 3.84. The summed E-state index contributed by atoms with van der Waals surface area (Å²) in [6.45, 7) is 2.11. The van der Waals surface area contributed by atoms with Crippen molar-refractivity contribution in [1.29, 1.82) is 0 Å². The fourth-order valence-electron chi connectivity index (χ4n) is 7.22. The number of carbonyl (C=O) groups excluding carboxylic acids is 2. The largest absolute Gasteiger partial charge is 0.472 e. The van der Waals surface area contributed by atoms with E-state index < -0.39 is 58.4 Å². The van der Waals surface area contributed by atoms with Gasteiger partial charge >= 0.3 is 19.8 Å². The van der Waals surface area contributed by atoms with E-state index >= 15 is 0 Å². The van der Waals surface area contributed by atoms with Gasteiger partial charge in [-0.3, -0.25) is 18.6 Å². The second-order valence-corrected chi connectivity index (χ2v) is 18.9. The molecule has 11 heteroatoms. The van der Waals surface area contributed by atoms with E-state index in [0.717, 1.165) is 70.6 Å². The van der Waals surface area contributed by atoms with Gasteiger partial charge in [-0.25, -0.2) is 4.57 Å². The summed E-state index contributed by atoms with van der Waals surface area (Å²) >= 11 is 0. The number of unbranched alkanes of at least 4 members (excludes halogenated alkanes) is 25. The standard InChI is InChI=1S/C54H97O10P/c1-3-5-7-9-11-13-15-17-19-21-23-25-27-29-31-33-35-37-39-41-43-45-53(57)63-51(47-55)49-61-65(59,60)62-50-52(48-56)64-54(58)46-44-42-40-38-36-34-32-30-28-26-24-22-20-18-16-14-12-10-8-6-4-2/h5,7,11,13,17,19,22-25,51-52,55-56H,3-4,6,8-10,12,14-16,18,20-21,26-50H2,1-2H3,(H,59,60)/b7-5-,13-11-,19-17-,24-22-,25-23-. The van der Waals surface area contributed by atoms with Crippen molar-refractivity contribution < 1.29 is 47.8 Å². The highest BCUT2D eigenvalue weighted by molar-refractivity contribution is 7.47. The molecule has 0 aliphatic heterocycles. The first-order valence-electron chi connectivity index (χ1n) is 26.2. The van der Waals surface area contributed by atoms with Gasteiger partial charge in [-0.2, -0.15) is 0 Å². The highest BCUT2D eigenvalue weighted by Gasteiger charge is 2.27. The van der Waals surface area contributed by atoms with E-state index in [4.69, 9.17) is 18.5 Å². The maximum absolute atomic E-state index is 12.4. The number of phosphoric ester groups is 1. The first-order valence-corrected chi connectivity index (χ1v) is 27.7. The summed E-state index contributed by atoms with van der Waals surface area (Å²) in [5, 5.41) is 19.3. The molecule has 0 heterocycles. The number of ether oxygens (including phenoxy) is 2. The van der Waals surface area contributed by atoms with Crippen molar-refractivity contribution in [3.8, 4) is 0 Å². The number of carbonyl (C=O) groups is 2. The summed E-state index contributed by atoms with van der Waals surface area (Å²) < 4.78 is 32.7. The number of allylic oxidation sites excluding steroid dienone is 10. The van der Waals surface area contributed by atoms with Crippen molar-refractivity contribution in [2.24, 2.45) is 0 Å². The quantitative estimate of drug-likeness (QED) is 0.0233. The fourth-order valence-corrected chi connectivity index (χ4v) is 8.00. The van der Waals surface area contributed by atoms with Crippen LogP contribution in [-0.2, 0) is 32.7 Å². The van der Waals surface area contributed by atoms with Crippen LogP contribution in [-0.4, -0.2) is 65.7 Å². The molecule has 0 rings (SSSR count). The molecule has 0 saturated heterocycles. The Hall–Kier alpha value is -2.33. The molecule has 0 bridgehead atoms. The first-order chi connectivity index (χ1) is 31.8. The molecular weight excluding hydrogens is 840 g/mol. The van der Waals surface area contributed by atoms with Crippen LogP contribution in [0.25, 0.3) is 0 Å². The van der Waals surface area contributed by atoms with Crippen LogP contribution < -0.4 is 0 Å². The maximum Gasteiger partial charge on any atom is 0.472 e. The van der Waals surface area contributed by atoms with Crippen molar-refractivity contribution >= 4 is 19.8 Å². The van der Waals surface area contributed by atoms with E-state index in [-0.39, 0.29) is 12.8 Å². The van der Waals surface area contributed by atoms with Crippen LogP contribution in [0.1, 0.15) is 232 Å². The van der Waals surface area contributed by atoms with Crippen molar-refractivity contribution in [2.75, 3.05) is 26.4 Å². The SMILES string of the molecule is CC/C=C\C/C=C\C/C=C\C/C=C\CCCCCCCCCCC(=O)OC(CO)COP(=O)(O)OCC(CO)OC(=O)CCCCCCCCCCC/C=C\CCCCCCCCCC. The zero-order valence-electron chi connectivity index (χ0n) is 41.4. The van der Waals surface area contributed by atoms with E-state index in [9.17, 15) is 29.3 Å². The molecular formula is C54H97O10P. The van der Waals surface area contributed by atoms with Crippen LogP contribution in [0.3, 0.4) is 0 Å². The average molecular weight is 937 g/mol. The molecule has 0 aliphatic carbocycles. The molecule has 0 saturated carbocycles. The Morgan fingerprint density at radius 1 is 0.431 bits per heavy atom. The first kappa shape index (κ1) is 62.7. The number of phosphoric acid groups is 1. The topological polar surface area (TPSA) is 149 Å². The molecule has 3 unspecified atom stereocenters. The molecule has 0 aromatic carbocycles. The van der Waals surface area contributed by atoms with Gasteiger partial charge in [0.2, 0.25) is 0 Å². The Morgan fingerprint density at radius 2 is 0.723 bits per heavy atom. The minimum Gasteiger partial charge on any atom is -0.457 e. The second kappa shape index (κ2) is 49.6. The maximum atomic E-state index is 12.4. The highest BCUT2D eigenvalue weighted by atomic mass is 31.2. The molecule has 0 spiro atoms. The summed E-state index contributed by atoms with van der Waals surface area (Å²) in [6.07, 6.45) is 57.6. The summed E-state index contributed by atoms with van der Waals surface area (Å²) in [5.41, 5.74) is 0. The predicted molar refractivity (Wildman–Crippen MR) is 270 cm³/mol. The Labute approximate surface area is 397 Å². The fraction of sp³-hybridized carbons (Fsp3) is 0.778. The molecule has 0 radical (unpaired) electrons. The lowest BCUT2D eigenvalue weighted by atomic mass is 10.1. The summed E-state index contributed by atoms with van der Waals surface area (Å²) in [4.78, 5) is 34.7. The van der Waals surface area contributed by atoms with E-state index in [1.54, 1.807) is 0 Å². The lowest BCUT2D eigenvalue weighted by Crippen LogP contribution is -2.28. The molecule has 0 aromatic rings. The van der Waals surface area contributed by atoms with Gasteiger partial charge < -0.3 is 24.6 Å². The molecule has 3 atom stereocenters. The van der Waals surface area contributed by atoms with Gasteiger partial charge in [0.25, 0.3) is 0 Å². The van der Waals surface area contributed by atoms with Crippen molar-refractivity contribution in [2.45, 2.75) is 244 Å². The molecule has 65 heavy (non-hydrogen) atoms. The van der Waals surface area contributed by atoms with Crippen LogP contribution in [0.4, 0.5) is 0 Å². The van der Waals surface area contributed by atoms with Crippen LogP contribution in [0.15, 0.2) is 60.8 Å². The minimum absolute atomic E-state index is 0.181. The Kier molecular flexibility index (Phi) is 47.8. The predicted octanol–water partition coefficient (Wildman–Crippen LogP) is 15.0. The van der Waals surface area contributed by atoms with E-state index in [1.165, 1.54) is 122 Å². The molecule has 0 fully saturated rings. The van der Waals surface area contributed by atoms with E-state index in [1.807, 2.05) is 0 Å². The highest BCUT2D eigenvalue weighted by Crippen LogP contribution is 2.43. The van der Waals surface area contributed by atoms with Gasteiger partial charge in [-0.15, -0.1) is 0 Å². The lowest BCUT2D eigenvalue weighted by molar-refractivity contribution is -0.153. The number of hydrogen-bond acceptors (Lipinski definition) is 9. The van der Waals surface area contributed by atoms with Crippen LogP contribution >= 0.6 is 7.82 Å². The van der Waals surface area contributed by atoms with Crippen molar-refractivity contribution in [1.82, 2.24) is 0 Å². The summed E-state index contributed by atoms with van der Waals surface area (Å²) in [5.74, 6) is -1.03. The van der Waals surface area contributed by atoms with Gasteiger partial charge in [0.15, 0.2) is 0 Å². The third-order valence-corrected chi connectivity index (χ3v) is 12.2. The lowest BCUT2D eigenvalue weighted by Gasteiger charge is -2.20. The minimum atomic E-state index is -4.65. The molecule has 0 aliphatic rings. The number of aliphatic hydroxyl groups is 2. The molecule has 0 aromatic heterocycles.